The normalized spacial score (nSPS) is 13.7. The number of rotatable bonds is 4. The number of carbonyl (C=O) groups excluding carboxylic acids is 1. The second kappa shape index (κ2) is 9.70. The molecular weight excluding hydrogens is 443 g/mol. The molecule has 0 unspecified atom stereocenters. The smallest absolute Gasteiger partial charge is 0.254 e. The van der Waals surface area contributed by atoms with Gasteiger partial charge in [-0.1, -0.05) is 24.3 Å². The second-order valence-corrected chi connectivity index (χ2v) is 8.30. The van der Waals surface area contributed by atoms with Crippen molar-refractivity contribution >= 4 is 28.6 Å². The molecule has 1 amide bonds. The summed E-state index contributed by atoms with van der Waals surface area (Å²) >= 11 is 1.62. The van der Waals surface area contributed by atoms with Gasteiger partial charge in [-0.05, 0) is 24.5 Å². The second-order valence-electron chi connectivity index (χ2n) is 7.46. The first kappa shape index (κ1) is 22.9. The molecule has 33 heavy (non-hydrogen) atoms. The molecule has 1 fully saturated rings. The fourth-order valence-electron chi connectivity index (χ4n) is 3.89. The third kappa shape index (κ3) is 4.35. The molecule has 9 heteroatoms. The number of aromatic nitrogens is 3. The summed E-state index contributed by atoms with van der Waals surface area (Å²) in [6, 6.07) is 12.3. The molecule has 2 N–H and O–H groups in total. The molecule has 0 radical (unpaired) electrons. The van der Waals surface area contributed by atoms with Crippen molar-refractivity contribution in [3.63, 3.8) is 0 Å². The number of thioether (sulfide) groups is 1. The van der Waals surface area contributed by atoms with E-state index in [1.807, 2.05) is 40.1 Å². The highest BCUT2D eigenvalue weighted by Gasteiger charge is 2.20. The maximum Gasteiger partial charge on any atom is 0.254 e. The number of halogens is 1. The zero-order chi connectivity index (χ0) is 22.1. The van der Waals surface area contributed by atoms with Crippen molar-refractivity contribution in [3.05, 3.63) is 72.4 Å². The highest BCUT2D eigenvalue weighted by atomic mass is 32.2. The SMILES string of the molecule is CSc1cn(-c2ncc(-c3ccccc3F)cn2)c2cc(C(=O)N3CCOCC3)ccc12.O. The highest BCUT2D eigenvalue weighted by molar-refractivity contribution is 7.98. The largest absolute Gasteiger partial charge is 0.412 e. The Morgan fingerprint density at radius 3 is 2.52 bits per heavy atom. The zero-order valence-electron chi connectivity index (χ0n) is 18.0. The van der Waals surface area contributed by atoms with Crippen molar-refractivity contribution < 1.29 is 19.4 Å². The Bertz CT molecular complexity index is 1290. The predicted molar refractivity (Wildman–Crippen MR) is 126 cm³/mol. The van der Waals surface area contributed by atoms with Crippen molar-refractivity contribution in [2.45, 2.75) is 4.90 Å². The van der Waals surface area contributed by atoms with Gasteiger partial charge in [0.2, 0.25) is 5.95 Å². The van der Waals surface area contributed by atoms with Gasteiger partial charge in [-0.2, -0.15) is 0 Å². The van der Waals surface area contributed by atoms with E-state index >= 15 is 0 Å². The molecule has 0 bridgehead atoms. The van der Waals surface area contributed by atoms with Gasteiger partial charge in [0.05, 0.1) is 18.7 Å². The first-order valence-electron chi connectivity index (χ1n) is 10.3. The van der Waals surface area contributed by atoms with Crippen LogP contribution in [0.4, 0.5) is 4.39 Å². The molecule has 5 rings (SSSR count). The Labute approximate surface area is 194 Å². The Morgan fingerprint density at radius 2 is 1.82 bits per heavy atom. The van der Waals surface area contributed by atoms with Gasteiger partial charge in [0, 0.05) is 58.7 Å². The van der Waals surface area contributed by atoms with E-state index in [1.165, 1.54) is 6.07 Å². The van der Waals surface area contributed by atoms with Crippen LogP contribution in [0.3, 0.4) is 0 Å². The Morgan fingerprint density at radius 1 is 1.09 bits per heavy atom. The average Bonchev–Trinajstić information content (AvgIpc) is 3.22. The number of fused-ring (bicyclic) bond motifs is 1. The first-order chi connectivity index (χ1) is 15.7. The maximum absolute atomic E-state index is 14.1. The molecular formula is C24H23FN4O3S. The summed E-state index contributed by atoms with van der Waals surface area (Å²) in [7, 11) is 0. The number of amides is 1. The quantitative estimate of drug-likeness (QED) is 0.429. The van der Waals surface area contributed by atoms with E-state index in [1.54, 1.807) is 42.4 Å². The Hall–Kier alpha value is -3.27. The highest BCUT2D eigenvalue weighted by Crippen LogP contribution is 2.31. The minimum Gasteiger partial charge on any atom is -0.412 e. The molecule has 1 saturated heterocycles. The van der Waals surface area contributed by atoms with Crippen molar-refractivity contribution in [3.8, 4) is 17.1 Å². The monoisotopic (exact) mass is 466 g/mol. The fourth-order valence-corrected chi connectivity index (χ4v) is 4.49. The first-order valence-corrected chi connectivity index (χ1v) is 11.5. The van der Waals surface area contributed by atoms with Crippen LogP contribution >= 0.6 is 11.8 Å². The summed E-state index contributed by atoms with van der Waals surface area (Å²) in [5, 5.41) is 1.03. The molecule has 4 aromatic rings. The average molecular weight is 467 g/mol. The van der Waals surface area contributed by atoms with E-state index < -0.39 is 0 Å². The molecule has 7 nitrogen and oxygen atoms in total. The van der Waals surface area contributed by atoms with E-state index in [-0.39, 0.29) is 17.2 Å². The van der Waals surface area contributed by atoms with Crippen molar-refractivity contribution in [2.24, 2.45) is 0 Å². The number of carbonyl (C=O) groups is 1. The van der Waals surface area contributed by atoms with E-state index in [2.05, 4.69) is 9.97 Å². The van der Waals surface area contributed by atoms with Crippen molar-refractivity contribution in [1.29, 1.82) is 0 Å². The third-order valence-electron chi connectivity index (χ3n) is 5.57. The van der Waals surface area contributed by atoms with Crippen LogP contribution in [0.2, 0.25) is 0 Å². The summed E-state index contributed by atoms with van der Waals surface area (Å²) in [5.41, 5.74) is 2.54. The van der Waals surface area contributed by atoms with Crippen LogP contribution in [0.5, 0.6) is 0 Å². The lowest BCUT2D eigenvalue weighted by molar-refractivity contribution is 0.0303. The molecule has 0 saturated carbocycles. The van der Waals surface area contributed by atoms with Crippen molar-refractivity contribution in [1.82, 2.24) is 19.4 Å². The molecule has 170 valence electrons. The number of ether oxygens (including phenoxy) is 1. The van der Waals surface area contributed by atoms with Crippen molar-refractivity contribution in [2.75, 3.05) is 32.6 Å². The van der Waals surface area contributed by atoms with Crippen LogP contribution in [-0.4, -0.2) is 63.4 Å². The number of hydrogen-bond donors (Lipinski definition) is 0. The van der Waals surface area contributed by atoms with Gasteiger partial charge in [-0.3, -0.25) is 9.36 Å². The predicted octanol–water partition coefficient (Wildman–Crippen LogP) is 3.60. The van der Waals surface area contributed by atoms with E-state index in [0.29, 0.717) is 48.9 Å². The Kier molecular flexibility index (Phi) is 6.73. The summed E-state index contributed by atoms with van der Waals surface area (Å²) in [4.78, 5) is 24.9. The number of morpholine rings is 1. The molecule has 1 aliphatic rings. The lowest BCUT2D eigenvalue weighted by atomic mass is 10.1. The summed E-state index contributed by atoms with van der Waals surface area (Å²) in [6.45, 7) is 2.30. The van der Waals surface area contributed by atoms with Gasteiger partial charge in [0.25, 0.3) is 5.91 Å². The lowest BCUT2D eigenvalue weighted by Crippen LogP contribution is -2.40. The molecule has 0 spiro atoms. The maximum atomic E-state index is 14.1. The van der Waals surface area contributed by atoms with Crippen LogP contribution in [0.25, 0.3) is 28.0 Å². The van der Waals surface area contributed by atoms with Crippen LogP contribution < -0.4 is 0 Å². The van der Waals surface area contributed by atoms with Crippen LogP contribution in [0.1, 0.15) is 10.4 Å². The number of benzene rings is 2. The minimum absolute atomic E-state index is 0. The van der Waals surface area contributed by atoms with Gasteiger partial charge in [0.1, 0.15) is 5.82 Å². The summed E-state index contributed by atoms with van der Waals surface area (Å²) in [5.74, 6) is 0.141. The molecule has 0 atom stereocenters. The molecule has 2 aromatic heterocycles. The van der Waals surface area contributed by atoms with Gasteiger partial charge >= 0.3 is 0 Å². The standard InChI is InChI=1S/C24H21FN4O2S.H2O/c1-32-22-15-29(24-26-13-17(14-27-24)18-4-2-3-5-20(18)25)21-12-16(6-7-19(21)22)23(30)28-8-10-31-11-9-28;/h2-7,12-15H,8-11H2,1H3;1H2. The minimum atomic E-state index is -0.314. The molecule has 2 aromatic carbocycles. The summed E-state index contributed by atoms with van der Waals surface area (Å²) in [6.07, 6.45) is 7.21. The van der Waals surface area contributed by atoms with Gasteiger partial charge in [-0.15, -0.1) is 11.8 Å². The fraction of sp³-hybridized carbons (Fsp3) is 0.208. The number of hydrogen-bond acceptors (Lipinski definition) is 5. The zero-order valence-corrected chi connectivity index (χ0v) is 18.8. The van der Waals surface area contributed by atoms with E-state index in [9.17, 15) is 9.18 Å². The van der Waals surface area contributed by atoms with Gasteiger partial charge in [0.15, 0.2) is 0 Å². The van der Waals surface area contributed by atoms with Crippen LogP contribution in [0.15, 0.2) is 66.0 Å². The molecule has 0 aliphatic carbocycles. The van der Waals surface area contributed by atoms with Gasteiger partial charge in [-0.25, -0.2) is 14.4 Å². The van der Waals surface area contributed by atoms with E-state index in [0.717, 1.165) is 15.8 Å². The lowest BCUT2D eigenvalue weighted by Gasteiger charge is -2.26. The Balaban J connectivity index is 0.00000259. The number of nitrogens with zero attached hydrogens (tertiary/aromatic N) is 4. The van der Waals surface area contributed by atoms with Crippen LogP contribution in [0, 0.1) is 5.82 Å². The molecule has 1 aliphatic heterocycles. The summed E-state index contributed by atoms with van der Waals surface area (Å²) < 4.78 is 21.4. The van der Waals surface area contributed by atoms with Crippen LogP contribution in [-0.2, 0) is 4.74 Å². The topological polar surface area (TPSA) is 91.8 Å². The van der Waals surface area contributed by atoms with E-state index in [4.69, 9.17) is 4.74 Å². The molecule has 3 heterocycles. The van der Waals surface area contributed by atoms with Gasteiger partial charge < -0.3 is 15.1 Å². The third-order valence-corrected chi connectivity index (χ3v) is 6.34.